The Morgan fingerprint density at radius 1 is 1.10 bits per heavy atom. The number of anilines is 2. The fourth-order valence-electron chi connectivity index (χ4n) is 1.84. The molecule has 0 aliphatic carbocycles. The summed E-state index contributed by atoms with van der Waals surface area (Å²) in [5.41, 5.74) is 6.46. The third-order valence-corrected chi connectivity index (χ3v) is 2.81. The summed E-state index contributed by atoms with van der Waals surface area (Å²) in [6.07, 6.45) is -4.28. The van der Waals surface area contributed by atoms with Gasteiger partial charge in [0.2, 0.25) is 5.91 Å². The van der Waals surface area contributed by atoms with Crippen LogP contribution in [0.3, 0.4) is 0 Å². The van der Waals surface area contributed by atoms with Gasteiger partial charge < -0.3 is 11.1 Å². The number of nitrogens with two attached hydrogens (primary N) is 1. The molecule has 0 aliphatic heterocycles. The molecule has 0 saturated heterocycles. The van der Waals surface area contributed by atoms with E-state index in [9.17, 15) is 18.0 Å². The van der Waals surface area contributed by atoms with Crippen molar-refractivity contribution in [2.45, 2.75) is 12.6 Å². The van der Waals surface area contributed by atoms with Gasteiger partial charge in [0.15, 0.2) is 0 Å². The van der Waals surface area contributed by atoms with Crippen LogP contribution < -0.4 is 11.1 Å². The van der Waals surface area contributed by atoms with E-state index < -0.39 is 11.7 Å². The Morgan fingerprint density at radius 3 is 2.33 bits per heavy atom. The Bertz CT molecular complexity index is 636. The van der Waals surface area contributed by atoms with Gasteiger partial charge in [0.1, 0.15) is 0 Å². The van der Waals surface area contributed by atoms with Crippen LogP contribution in [0.15, 0.2) is 48.5 Å². The van der Waals surface area contributed by atoms with E-state index in [0.717, 1.165) is 17.7 Å². The minimum absolute atomic E-state index is 0.103. The van der Waals surface area contributed by atoms with Crippen LogP contribution >= 0.6 is 0 Å². The van der Waals surface area contributed by atoms with Crippen LogP contribution in [0.5, 0.6) is 0 Å². The largest absolute Gasteiger partial charge is 0.416 e. The first-order valence-electron chi connectivity index (χ1n) is 6.16. The molecular weight excluding hydrogens is 281 g/mol. The molecule has 0 saturated carbocycles. The van der Waals surface area contributed by atoms with Crippen LogP contribution in [-0.2, 0) is 17.4 Å². The first-order valence-corrected chi connectivity index (χ1v) is 6.16. The Kier molecular flexibility index (Phi) is 4.16. The van der Waals surface area contributed by atoms with Crippen LogP contribution in [0.4, 0.5) is 24.5 Å². The van der Waals surface area contributed by atoms with Crippen molar-refractivity contribution in [1.82, 2.24) is 0 Å². The van der Waals surface area contributed by atoms with E-state index in [1.54, 1.807) is 24.3 Å². The van der Waals surface area contributed by atoms with Crippen LogP contribution in [0.25, 0.3) is 0 Å². The normalized spacial score (nSPS) is 11.2. The number of alkyl halides is 3. The van der Waals surface area contributed by atoms with Gasteiger partial charge in [-0.05, 0) is 42.0 Å². The number of hydrogen-bond acceptors (Lipinski definition) is 2. The molecule has 110 valence electrons. The van der Waals surface area contributed by atoms with E-state index in [-0.39, 0.29) is 12.3 Å². The molecule has 21 heavy (non-hydrogen) atoms. The minimum atomic E-state index is -4.38. The summed E-state index contributed by atoms with van der Waals surface area (Å²) in [5, 5.41) is 2.54. The Hall–Kier alpha value is -2.50. The number of carbonyl (C=O) groups is 1. The average Bonchev–Trinajstić information content (AvgIpc) is 2.38. The first-order chi connectivity index (χ1) is 9.84. The summed E-state index contributed by atoms with van der Waals surface area (Å²) in [6.45, 7) is 0. The number of halogens is 3. The highest BCUT2D eigenvalue weighted by molar-refractivity contribution is 5.92. The number of benzene rings is 2. The maximum absolute atomic E-state index is 12.4. The molecule has 0 fully saturated rings. The van der Waals surface area contributed by atoms with Crippen molar-refractivity contribution in [3.63, 3.8) is 0 Å². The van der Waals surface area contributed by atoms with E-state index in [1.165, 1.54) is 12.1 Å². The highest BCUT2D eigenvalue weighted by atomic mass is 19.4. The molecule has 1 amide bonds. The molecular formula is C15H13F3N2O. The molecule has 0 aromatic heterocycles. The maximum Gasteiger partial charge on any atom is 0.416 e. The summed E-state index contributed by atoms with van der Waals surface area (Å²) >= 11 is 0. The monoisotopic (exact) mass is 294 g/mol. The molecule has 0 aliphatic rings. The summed E-state index contributed by atoms with van der Waals surface area (Å²) in [5.74, 6) is -0.319. The third kappa shape index (κ3) is 4.24. The van der Waals surface area contributed by atoms with Crippen molar-refractivity contribution in [1.29, 1.82) is 0 Å². The third-order valence-electron chi connectivity index (χ3n) is 2.81. The van der Waals surface area contributed by atoms with Gasteiger partial charge in [-0.15, -0.1) is 0 Å². The average molecular weight is 294 g/mol. The number of rotatable bonds is 3. The van der Waals surface area contributed by atoms with Gasteiger partial charge in [0.25, 0.3) is 0 Å². The highest BCUT2D eigenvalue weighted by Crippen LogP contribution is 2.29. The summed E-state index contributed by atoms with van der Waals surface area (Å²) < 4.78 is 37.2. The summed E-state index contributed by atoms with van der Waals surface area (Å²) in [6, 6.07) is 11.2. The van der Waals surface area contributed by atoms with E-state index in [0.29, 0.717) is 11.4 Å². The predicted molar refractivity (Wildman–Crippen MR) is 74.6 cm³/mol. The minimum Gasteiger partial charge on any atom is -0.399 e. The van der Waals surface area contributed by atoms with Crippen molar-refractivity contribution in [3.8, 4) is 0 Å². The van der Waals surface area contributed by atoms with E-state index in [1.807, 2.05) is 0 Å². The second-order valence-corrected chi connectivity index (χ2v) is 4.55. The van der Waals surface area contributed by atoms with Gasteiger partial charge in [-0.2, -0.15) is 13.2 Å². The summed E-state index contributed by atoms with van der Waals surface area (Å²) in [7, 11) is 0. The lowest BCUT2D eigenvalue weighted by Crippen LogP contribution is -2.14. The molecule has 3 N–H and O–H groups in total. The lowest BCUT2D eigenvalue weighted by atomic mass is 10.1. The molecule has 2 aromatic carbocycles. The van der Waals surface area contributed by atoms with Crippen LogP contribution in [0.1, 0.15) is 11.1 Å². The first kappa shape index (κ1) is 14.9. The van der Waals surface area contributed by atoms with Crippen molar-refractivity contribution in [2.24, 2.45) is 0 Å². The SMILES string of the molecule is Nc1cccc(CC(=O)Nc2ccc(C(F)(F)F)cc2)c1. The number of hydrogen-bond donors (Lipinski definition) is 2. The molecule has 0 radical (unpaired) electrons. The molecule has 3 nitrogen and oxygen atoms in total. The maximum atomic E-state index is 12.4. The predicted octanol–water partition coefficient (Wildman–Crippen LogP) is 3.47. The Labute approximate surface area is 119 Å². The molecule has 2 rings (SSSR count). The zero-order chi connectivity index (χ0) is 15.5. The molecule has 0 unspecified atom stereocenters. The quantitative estimate of drug-likeness (QED) is 0.852. The molecule has 0 bridgehead atoms. The van der Waals surface area contributed by atoms with Crippen LogP contribution in [0, 0.1) is 0 Å². The molecule has 0 atom stereocenters. The van der Waals surface area contributed by atoms with Crippen molar-refractivity contribution in [2.75, 3.05) is 11.1 Å². The molecule has 2 aromatic rings. The lowest BCUT2D eigenvalue weighted by molar-refractivity contribution is -0.137. The highest BCUT2D eigenvalue weighted by Gasteiger charge is 2.29. The number of amides is 1. The van der Waals surface area contributed by atoms with Gasteiger partial charge >= 0.3 is 6.18 Å². The van der Waals surface area contributed by atoms with E-state index in [2.05, 4.69) is 5.32 Å². The van der Waals surface area contributed by atoms with Crippen LogP contribution in [-0.4, -0.2) is 5.91 Å². The van der Waals surface area contributed by atoms with Crippen molar-refractivity contribution >= 4 is 17.3 Å². The van der Waals surface area contributed by atoms with Gasteiger partial charge in [0.05, 0.1) is 12.0 Å². The topological polar surface area (TPSA) is 55.1 Å². The zero-order valence-corrected chi connectivity index (χ0v) is 10.9. The fourth-order valence-corrected chi connectivity index (χ4v) is 1.84. The Balaban J connectivity index is 2.00. The zero-order valence-electron chi connectivity index (χ0n) is 10.9. The lowest BCUT2D eigenvalue weighted by Gasteiger charge is -2.09. The van der Waals surface area contributed by atoms with Crippen LogP contribution in [0.2, 0.25) is 0 Å². The van der Waals surface area contributed by atoms with Gasteiger partial charge in [-0.1, -0.05) is 12.1 Å². The van der Waals surface area contributed by atoms with Gasteiger partial charge in [-0.25, -0.2) is 0 Å². The second kappa shape index (κ2) is 5.87. The van der Waals surface area contributed by atoms with Crippen molar-refractivity contribution < 1.29 is 18.0 Å². The van der Waals surface area contributed by atoms with E-state index >= 15 is 0 Å². The van der Waals surface area contributed by atoms with Gasteiger partial charge in [0, 0.05) is 11.4 Å². The molecule has 6 heteroatoms. The van der Waals surface area contributed by atoms with E-state index in [4.69, 9.17) is 5.73 Å². The number of carbonyl (C=O) groups excluding carboxylic acids is 1. The Morgan fingerprint density at radius 2 is 1.76 bits per heavy atom. The fraction of sp³-hybridized carbons (Fsp3) is 0.133. The molecule has 0 heterocycles. The second-order valence-electron chi connectivity index (χ2n) is 4.55. The number of nitrogens with one attached hydrogen (secondary N) is 1. The molecule has 0 spiro atoms. The number of nitrogen functional groups attached to an aromatic ring is 1. The van der Waals surface area contributed by atoms with Gasteiger partial charge in [-0.3, -0.25) is 4.79 Å². The standard InChI is InChI=1S/C15H13F3N2O/c16-15(17,18)11-4-6-13(7-5-11)20-14(21)9-10-2-1-3-12(19)8-10/h1-8H,9,19H2,(H,20,21). The smallest absolute Gasteiger partial charge is 0.399 e. The summed E-state index contributed by atoms with van der Waals surface area (Å²) in [4.78, 5) is 11.8. The van der Waals surface area contributed by atoms with Crippen molar-refractivity contribution in [3.05, 3.63) is 59.7 Å².